The summed E-state index contributed by atoms with van der Waals surface area (Å²) in [5.41, 5.74) is 2.54. The van der Waals surface area contributed by atoms with Crippen molar-refractivity contribution in [2.24, 2.45) is 0 Å². The molecule has 1 fully saturated rings. The average Bonchev–Trinajstić information content (AvgIpc) is 2.66. The van der Waals surface area contributed by atoms with Gasteiger partial charge in [-0.1, -0.05) is 38.1 Å². The van der Waals surface area contributed by atoms with E-state index in [4.69, 9.17) is 0 Å². The molecule has 1 aliphatic rings. The SMILES string of the molecule is CCCNC(=O)CN(C)C(=O)CN1CCNCC1c1ccc(CC)cc1.Cl. The fourth-order valence-corrected chi connectivity index (χ4v) is 3.16. The maximum atomic E-state index is 12.6. The number of hydrogen-bond donors (Lipinski definition) is 2. The molecule has 2 amide bonds. The van der Waals surface area contributed by atoms with Crippen LogP contribution in [0.1, 0.15) is 37.4 Å². The minimum absolute atomic E-state index is 0. The fourth-order valence-electron chi connectivity index (χ4n) is 3.16. The van der Waals surface area contributed by atoms with Crippen molar-refractivity contribution in [3.8, 4) is 0 Å². The summed E-state index contributed by atoms with van der Waals surface area (Å²) < 4.78 is 0. The first-order chi connectivity index (χ1) is 12.5. The molecule has 1 saturated heterocycles. The van der Waals surface area contributed by atoms with E-state index in [0.29, 0.717) is 13.1 Å². The van der Waals surface area contributed by atoms with Crippen molar-refractivity contribution in [2.75, 3.05) is 46.3 Å². The lowest BCUT2D eigenvalue weighted by Crippen LogP contribution is -2.50. The molecule has 0 radical (unpaired) electrons. The first kappa shape index (κ1) is 23.4. The van der Waals surface area contributed by atoms with E-state index < -0.39 is 0 Å². The van der Waals surface area contributed by atoms with Crippen LogP contribution in [-0.4, -0.2) is 67.9 Å². The fraction of sp³-hybridized carbons (Fsp3) is 0.600. The Morgan fingerprint density at radius 1 is 1.26 bits per heavy atom. The van der Waals surface area contributed by atoms with Gasteiger partial charge in [-0.05, 0) is 24.0 Å². The van der Waals surface area contributed by atoms with Gasteiger partial charge in [0, 0.05) is 39.3 Å². The van der Waals surface area contributed by atoms with E-state index in [1.165, 1.54) is 16.0 Å². The summed E-state index contributed by atoms with van der Waals surface area (Å²) in [5.74, 6) is -0.122. The number of halogens is 1. The van der Waals surface area contributed by atoms with E-state index in [1.54, 1.807) is 7.05 Å². The van der Waals surface area contributed by atoms with Crippen LogP contribution in [0.3, 0.4) is 0 Å². The topological polar surface area (TPSA) is 64.7 Å². The van der Waals surface area contributed by atoms with Gasteiger partial charge in [0.2, 0.25) is 11.8 Å². The molecule has 6 nitrogen and oxygen atoms in total. The Hall–Kier alpha value is -1.63. The highest BCUT2D eigenvalue weighted by molar-refractivity contribution is 5.85. The van der Waals surface area contributed by atoms with Crippen molar-refractivity contribution >= 4 is 24.2 Å². The van der Waals surface area contributed by atoms with Crippen LogP contribution in [-0.2, 0) is 16.0 Å². The number of hydrogen-bond acceptors (Lipinski definition) is 4. The van der Waals surface area contributed by atoms with Crippen LogP contribution in [0.25, 0.3) is 0 Å². The van der Waals surface area contributed by atoms with Crippen LogP contribution in [0.4, 0.5) is 0 Å². The molecule has 1 aromatic carbocycles. The van der Waals surface area contributed by atoms with Gasteiger partial charge < -0.3 is 15.5 Å². The number of nitrogens with zero attached hydrogens (tertiary/aromatic N) is 2. The largest absolute Gasteiger partial charge is 0.355 e. The molecular formula is C20H33ClN4O2. The zero-order chi connectivity index (χ0) is 18.9. The lowest BCUT2D eigenvalue weighted by atomic mass is 10.0. The third kappa shape index (κ3) is 7.13. The van der Waals surface area contributed by atoms with Crippen molar-refractivity contribution in [3.63, 3.8) is 0 Å². The lowest BCUT2D eigenvalue weighted by molar-refractivity contribution is -0.136. The van der Waals surface area contributed by atoms with Crippen molar-refractivity contribution < 1.29 is 9.59 Å². The standard InChI is InChI=1S/C20H32N4O2.ClH/c1-4-10-22-19(25)14-23(3)20(26)15-24-12-11-21-13-18(24)17-8-6-16(5-2)7-9-17;/h6-9,18,21H,4-5,10-15H2,1-3H3,(H,22,25);1H. The van der Waals surface area contributed by atoms with Crippen molar-refractivity contribution in [1.82, 2.24) is 20.4 Å². The van der Waals surface area contributed by atoms with Gasteiger partial charge in [-0.3, -0.25) is 14.5 Å². The molecule has 0 aromatic heterocycles. The van der Waals surface area contributed by atoms with Crippen LogP contribution in [0, 0.1) is 0 Å². The molecule has 0 aliphatic carbocycles. The van der Waals surface area contributed by atoms with Crippen LogP contribution in [0.5, 0.6) is 0 Å². The van der Waals surface area contributed by atoms with E-state index in [2.05, 4.69) is 46.7 Å². The molecule has 1 aliphatic heterocycles. The predicted molar refractivity (Wildman–Crippen MR) is 111 cm³/mol. The molecule has 1 aromatic rings. The Balaban J connectivity index is 0.00000364. The van der Waals surface area contributed by atoms with Crippen LogP contribution in [0.15, 0.2) is 24.3 Å². The average molecular weight is 397 g/mol. The second-order valence-electron chi connectivity index (χ2n) is 6.89. The first-order valence-electron chi connectivity index (χ1n) is 9.59. The highest BCUT2D eigenvalue weighted by Gasteiger charge is 2.26. The van der Waals surface area contributed by atoms with Gasteiger partial charge in [-0.2, -0.15) is 0 Å². The molecule has 0 bridgehead atoms. The zero-order valence-corrected chi connectivity index (χ0v) is 17.5. The first-order valence-corrected chi connectivity index (χ1v) is 9.59. The second-order valence-corrected chi connectivity index (χ2v) is 6.89. The van der Waals surface area contributed by atoms with Gasteiger partial charge in [0.15, 0.2) is 0 Å². The summed E-state index contributed by atoms with van der Waals surface area (Å²) in [4.78, 5) is 28.1. The molecular weight excluding hydrogens is 364 g/mol. The summed E-state index contributed by atoms with van der Waals surface area (Å²) >= 11 is 0. The molecule has 2 rings (SSSR count). The Morgan fingerprint density at radius 2 is 1.96 bits per heavy atom. The minimum Gasteiger partial charge on any atom is -0.355 e. The Kier molecular flexibility index (Phi) is 10.4. The van der Waals surface area contributed by atoms with Crippen LogP contribution >= 0.6 is 12.4 Å². The quantitative estimate of drug-likeness (QED) is 0.700. The summed E-state index contributed by atoms with van der Waals surface area (Å²) in [6.45, 7) is 7.77. The van der Waals surface area contributed by atoms with E-state index in [9.17, 15) is 9.59 Å². The highest BCUT2D eigenvalue weighted by Crippen LogP contribution is 2.22. The van der Waals surface area contributed by atoms with E-state index in [0.717, 1.165) is 32.5 Å². The third-order valence-electron chi connectivity index (χ3n) is 4.84. The molecule has 1 unspecified atom stereocenters. The Morgan fingerprint density at radius 3 is 2.59 bits per heavy atom. The van der Waals surface area contributed by atoms with Crippen molar-refractivity contribution in [3.05, 3.63) is 35.4 Å². The van der Waals surface area contributed by atoms with Crippen molar-refractivity contribution in [1.29, 1.82) is 0 Å². The molecule has 27 heavy (non-hydrogen) atoms. The predicted octanol–water partition coefficient (Wildman–Crippen LogP) is 1.60. The van der Waals surface area contributed by atoms with E-state index in [-0.39, 0.29) is 36.8 Å². The smallest absolute Gasteiger partial charge is 0.239 e. The summed E-state index contributed by atoms with van der Waals surface area (Å²) in [7, 11) is 1.70. The summed E-state index contributed by atoms with van der Waals surface area (Å²) in [6, 6.07) is 8.83. The van der Waals surface area contributed by atoms with Gasteiger partial charge in [-0.15, -0.1) is 12.4 Å². The number of benzene rings is 1. The number of carbonyl (C=O) groups excluding carboxylic acids is 2. The second kappa shape index (κ2) is 12.0. The van der Waals surface area contributed by atoms with Crippen molar-refractivity contribution in [2.45, 2.75) is 32.7 Å². The molecule has 0 spiro atoms. The van der Waals surface area contributed by atoms with Gasteiger partial charge in [0.1, 0.15) is 0 Å². The number of piperazine rings is 1. The molecule has 1 atom stereocenters. The number of nitrogens with one attached hydrogen (secondary N) is 2. The van der Waals surface area contributed by atoms with Gasteiger partial charge in [-0.25, -0.2) is 0 Å². The van der Waals surface area contributed by atoms with Crippen LogP contribution in [0.2, 0.25) is 0 Å². The Bertz CT molecular complexity index is 594. The molecule has 0 saturated carbocycles. The summed E-state index contributed by atoms with van der Waals surface area (Å²) in [6.07, 6.45) is 1.92. The molecule has 1 heterocycles. The van der Waals surface area contributed by atoms with Gasteiger partial charge in [0.25, 0.3) is 0 Å². The lowest BCUT2D eigenvalue weighted by Gasteiger charge is -2.36. The summed E-state index contributed by atoms with van der Waals surface area (Å²) in [5, 5.41) is 6.23. The minimum atomic E-state index is -0.102. The Labute approximate surface area is 169 Å². The highest BCUT2D eigenvalue weighted by atomic mass is 35.5. The van der Waals surface area contributed by atoms with E-state index in [1.807, 2.05) is 6.92 Å². The normalized spacial score (nSPS) is 17.1. The number of amides is 2. The maximum Gasteiger partial charge on any atom is 0.239 e. The monoisotopic (exact) mass is 396 g/mol. The number of carbonyl (C=O) groups is 2. The molecule has 7 heteroatoms. The zero-order valence-electron chi connectivity index (χ0n) is 16.7. The third-order valence-corrected chi connectivity index (χ3v) is 4.84. The van der Waals surface area contributed by atoms with E-state index >= 15 is 0 Å². The van der Waals surface area contributed by atoms with Gasteiger partial charge >= 0.3 is 0 Å². The van der Waals surface area contributed by atoms with Crippen LogP contribution < -0.4 is 10.6 Å². The number of rotatable bonds is 8. The van der Waals surface area contributed by atoms with Gasteiger partial charge in [0.05, 0.1) is 13.1 Å². The number of aryl methyl sites for hydroxylation is 1. The molecule has 2 N–H and O–H groups in total. The number of likely N-dealkylation sites (N-methyl/N-ethyl adjacent to an activating group) is 1. The molecule has 152 valence electrons. The maximum absolute atomic E-state index is 12.6.